The van der Waals surface area contributed by atoms with Crippen molar-refractivity contribution in [1.29, 1.82) is 0 Å². The fraction of sp³-hybridized carbons (Fsp3) is 0.769. The number of amides is 2. The van der Waals surface area contributed by atoms with Crippen LogP contribution in [-0.2, 0) is 14.4 Å². The topological polar surface area (TPSA) is 97.5 Å². The van der Waals surface area contributed by atoms with Gasteiger partial charge >= 0.3 is 17.8 Å². The number of imide groups is 1. The summed E-state index contributed by atoms with van der Waals surface area (Å²) >= 11 is 1.07. The molecule has 3 N–H and O–H groups in total. The summed E-state index contributed by atoms with van der Waals surface area (Å²) in [5.74, 6) is -1.27. The van der Waals surface area contributed by atoms with Crippen LogP contribution in [0, 0.1) is 0 Å². The Labute approximate surface area is 123 Å². The van der Waals surface area contributed by atoms with Crippen LogP contribution in [0.25, 0.3) is 0 Å². The van der Waals surface area contributed by atoms with Gasteiger partial charge in [-0.2, -0.15) is 0 Å². The molecule has 0 aromatic heterocycles. The molecule has 0 spiro atoms. The summed E-state index contributed by atoms with van der Waals surface area (Å²) in [4.78, 5) is 34.9. The number of carbonyl (C=O) groups excluding carboxylic acids is 2. The normalized spacial score (nSPS) is 19.3. The molecule has 20 heavy (non-hydrogen) atoms. The van der Waals surface area contributed by atoms with Gasteiger partial charge in [0.1, 0.15) is 12.6 Å². The van der Waals surface area contributed by atoms with E-state index >= 15 is 0 Å². The van der Waals surface area contributed by atoms with E-state index in [1.807, 2.05) is 0 Å². The smallest absolute Gasteiger partial charge is 0.333 e. The number of carboxylic acids is 1. The van der Waals surface area contributed by atoms with Crippen molar-refractivity contribution in [1.82, 2.24) is 0 Å². The second kappa shape index (κ2) is 7.75. The third-order valence-corrected chi connectivity index (χ3v) is 5.02. The first-order valence-corrected chi connectivity index (χ1v) is 7.96. The molecule has 0 unspecified atom stereocenters. The van der Waals surface area contributed by atoms with E-state index in [0.29, 0.717) is 6.54 Å². The minimum atomic E-state index is -1.11. The molecule has 2 amide bonds. The molecule has 0 radical (unpaired) electrons. The Bertz CT molecular complexity index is 371. The van der Waals surface area contributed by atoms with Gasteiger partial charge in [0.05, 0.1) is 30.5 Å². The lowest BCUT2D eigenvalue weighted by molar-refractivity contribution is -0.630. The average Bonchev–Trinajstić information content (AvgIpc) is 2.69. The lowest BCUT2D eigenvalue weighted by Gasteiger charge is -2.26. The first-order valence-electron chi connectivity index (χ1n) is 7.02. The van der Waals surface area contributed by atoms with Crippen molar-refractivity contribution in [3.63, 3.8) is 0 Å². The molecule has 1 saturated heterocycles. The molecule has 6 nitrogen and oxygen atoms in total. The van der Waals surface area contributed by atoms with Crippen LogP contribution in [0.1, 0.15) is 45.4 Å². The lowest BCUT2D eigenvalue weighted by atomic mass is 10.2. The van der Waals surface area contributed by atoms with Crippen LogP contribution in [0.3, 0.4) is 0 Å². The number of hydrogen-bond acceptors (Lipinski definition) is 5. The molecule has 1 atom stereocenters. The number of nitrogens with zero attached hydrogens (tertiary/aromatic N) is 1. The van der Waals surface area contributed by atoms with Crippen LogP contribution in [0.2, 0.25) is 0 Å². The molecule has 1 rings (SSSR count). The zero-order valence-electron chi connectivity index (χ0n) is 11.8. The SMILES string of the molecule is CCCCCC[N+]1(SC[C@H](N)C(=O)O)C(=O)CCC1=O. The van der Waals surface area contributed by atoms with Crippen molar-refractivity contribution < 1.29 is 23.4 Å². The number of likely N-dealkylation sites (tertiary alicyclic amines) is 1. The molecule has 114 valence electrons. The number of carboxylic acid groups (broad SMARTS) is 1. The third-order valence-electron chi connectivity index (χ3n) is 3.48. The second-order valence-electron chi connectivity index (χ2n) is 5.05. The van der Waals surface area contributed by atoms with Crippen molar-refractivity contribution in [3.05, 3.63) is 0 Å². The molecule has 1 aliphatic rings. The number of carbonyl (C=O) groups is 3. The average molecular weight is 303 g/mol. The second-order valence-corrected chi connectivity index (χ2v) is 6.27. The Kier molecular flexibility index (Phi) is 6.64. The maximum atomic E-state index is 12.1. The number of aliphatic carboxylic acids is 1. The van der Waals surface area contributed by atoms with E-state index in [1.165, 1.54) is 0 Å². The first-order chi connectivity index (χ1) is 9.44. The number of quaternary nitrogens is 1. The Morgan fingerprint density at radius 3 is 2.40 bits per heavy atom. The Morgan fingerprint density at radius 1 is 1.30 bits per heavy atom. The van der Waals surface area contributed by atoms with Crippen LogP contribution in [0.5, 0.6) is 0 Å². The number of hydrogen-bond donors (Lipinski definition) is 2. The zero-order valence-corrected chi connectivity index (χ0v) is 12.7. The van der Waals surface area contributed by atoms with Crippen LogP contribution in [0.15, 0.2) is 0 Å². The van der Waals surface area contributed by atoms with Gasteiger partial charge in [0, 0.05) is 0 Å². The predicted molar refractivity (Wildman–Crippen MR) is 76.6 cm³/mol. The van der Waals surface area contributed by atoms with E-state index in [4.69, 9.17) is 10.8 Å². The molecule has 0 saturated carbocycles. The maximum Gasteiger partial charge on any atom is 0.333 e. The van der Waals surface area contributed by atoms with Crippen LogP contribution in [0.4, 0.5) is 0 Å². The molecule has 7 heteroatoms. The highest BCUT2D eigenvalue weighted by Gasteiger charge is 2.51. The van der Waals surface area contributed by atoms with Gasteiger partial charge in [-0.25, -0.2) is 9.59 Å². The molecule has 1 aliphatic heterocycles. The highest BCUT2D eigenvalue weighted by Crippen LogP contribution is 2.34. The molecule has 0 aromatic rings. The van der Waals surface area contributed by atoms with Gasteiger partial charge in [-0.15, -0.1) is 3.89 Å². The summed E-state index contributed by atoms with van der Waals surface area (Å²) < 4.78 is -0.273. The van der Waals surface area contributed by atoms with Gasteiger partial charge in [0.2, 0.25) is 0 Å². The van der Waals surface area contributed by atoms with Crippen molar-refractivity contribution in [2.45, 2.75) is 51.5 Å². The van der Waals surface area contributed by atoms with Gasteiger partial charge in [0.15, 0.2) is 0 Å². The Morgan fingerprint density at radius 2 is 1.90 bits per heavy atom. The van der Waals surface area contributed by atoms with E-state index in [2.05, 4.69) is 6.92 Å². The standard InChI is InChI=1S/C13H22N2O4S/c1-2-3-4-5-8-15(11(16)6-7-12(15)17)20-9-10(14)13(18)19/h10H,2-9,14H2,1H3/p+1/t10-/m0/s1. The van der Waals surface area contributed by atoms with Crippen molar-refractivity contribution >= 4 is 29.7 Å². The van der Waals surface area contributed by atoms with Crippen molar-refractivity contribution in [3.8, 4) is 0 Å². The summed E-state index contributed by atoms with van der Waals surface area (Å²) in [5.41, 5.74) is 5.47. The van der Waals surface area contributed by atoms with Crippen molar-refractivity contribution in [2.24, 2.45) is 5.73 Å². The summed E-state index contributed by atoms with van der Waals surface area (Å²) in [6.45, 7) is 2.55. The third kappa shape index (κ3) is 4.04. The van der Waals surface area contributed by atoms with Gasteiger partial charge in [-0.1, -0.05) is 19.8 Å². The predicted octanol–water partition coefficient (Wildman–Crippen LogP) is 1.29. The first kappa shape index (κ1) is 17.1. The summed E-state index contributed by atoms with van der Waals surface area (Å²) in [6, 6.07) is -1.05. The van der Waals surface area contributed by atoms with Gasteiger partial charge < -0.3 is 10.8 Å². The van der Waals surface area contributed by atoms with E-state index in [0.717, 1.165) is 37.6 Å². The number of unbranched alkanes of at least 4 members (excludes halogenated alkanes) is 3. The quantitative estimate of drug-likeness (QED) is 0.288. The molecule has 0 aromatic carbocycles. The monoisotopic (exact) mass is 303 g/mol. The molecule has 1 heterocycles. The highest BCUT2D eigenvalue weighted by atomic mass is 32.2. The van der Waals surface area contributed by atoms with Crippen LogP contribution in [-0.4, -0.2) is 45.1 Å². The molecule has 1 fully saturated rings. The maximum absolute atomic E-state index is 12.1. The van der Waals surface area contributed by atoms with E-state index in [9.17, 15) is 14.4 Å². The van der Waals surface area contributed by atoms with Crippen LogP contribution < -0.4 is 5.73 Å². The van der Waals surface area contributed by atoms with E-state index in [-0.39, 0.29) is 34.3 Å². The molecular formula is C13H23N2O4S+. The Balaban J connectivity index is 2.67. The van der Waals surface area contributed by atoms with Gasteiger partial charge in [-0.3, -0.25) is 4.79 Å². The summed E-state index contributed by atoms with van der Waals surface area (Å²) in [7, 11) is 0. The zero-order chi connectivity index (χ0) is 15.2. The van der Waals surface area contributed by atoms with E-state index < -0.39 is 12.0 Å². The minimum absolute atomic E-state index is 0.0700. The fourth-order valence-electron chi connectivity index (χ4n) is 2.21. The number of rotatable bonds is 9. The highest BCUT2D eigenvalue weighted by molar-refractivity contribution is 7.94. The largest absolute Gasteiger partial charge is 0.480 e. The summed E-state index contributed by atoms with van der Waals surface area (Å²) in [5, 5.41) is 8.80. The molecule has 0 aliphatic carbocycles. The molecular weight excluding hydrogens is 280 g/mol. The van der Waals surface area contributed by atoms with Crippen molar-refractivity contribution in [2.75, 3.05) is 12.3 Å². The molecule has 0 bridgehead atoms. The van der Waals surface area contributed by atoms with Gasteiger partial charge in [0.25, 0.3) is 0 Å². The summed E-state index contributed by atoms with van der Waals surface area (Å²) in [6.07, 6.45) is 4.42. The minimum Gasteiger partial charge on any atom is -0.480 e. The van der Waals surface area contributed by atoms with Gasteiger partial charge in [-0.05, 0) is 12.8 Å². The fourth-order valence-corrected chi connectivity index (χ4v) is 3.50. The van der Waals surface area contributed by atoms with Crippen LogP contribution >= 0.6 is 11.9 Å². The van der Waals surface area contributed by atoms with E-state index in [1.54, 1.807) is 0 Å². The number of nitrogens with two attached hydrogens (primary N) is 1. The lowest BCUT2D eigenvalue weighted by Crippen LogP contribution is -2.48. The Hall–Kier alpha value is -0.920.